The Morgan fingerprint density at radius 3 is 2.45 bits per heavy atom. The second-order valence-electron chi connectivity index (χ2n) is 5.23. The third-order valence-corrected chi connectivity index (χ3v) is 3.91. The lowest BCUT2D eigenvalue weighted by atomic mass is 9.95. The van der Waals surface area contributed by atoms with Gasteiger partial charge in [0.15, 0.2) is 5.78 Å². The van der Waals surface area contributed by atoms with Gasteiger partial charge in [-0.1, -0.05) is 54.6 Å². The van der Waals surface area contributed by atoms with E-state index in [1.165, 1.54) is 0 Å². The molecule has 0 bridgehead atoms. The number of fused-ring (bicyclic) bond motifs is 1. The lowest BCUT2D eigenvalue weighted by Crippen LogP contribution is -2.21. The normalized spacial score (nSPS) is 17.0. The molecule has 1 atom stereocenters. The number of carbonyl (C=O) groups excluding carboxylic acids is 2. The number of carbonyl (C=O) groups is 2. The van der Waals surface area contributed by atoms with Gasteiger partial charge in [0.2, 0.25) is 0 Å². The minimum atomic E-state index is -0.462. The first kappa shape index (κ1) is 12.8. The molecule has 0 heterocycles. The molecule has 2 aromatic rings. The summed E-state index contributed by atoms with van der Waals surface area (Å²) in [5.74, 6) is -0.398. The molecule has 0 aromatic heterocycles. The lowest BCUT2D eigenvalue weighted by Gasteiger charge is -2.06. The van der Waals surface area contributed by atoms with Gasteiger partial charge in [0, 0.05) is 12.0 Å². The number of hydrogen-bond acceptors (Lipinski definition) is 2. The Labute approximate surface area is 118 Å². The Kier molecular flexibility index (Phi) is 3.46. The van der Waals surface area contributed by atoms with Gasteiger partial charge < -0.3 is 0 Å². The zero-order chi connectivity index (χ0) is 13.9. The van der Waals surface area contributed by atoms with Crippen LogP contribution in [0.2, 0.25) is 0 Å². The Bertz CT molecular complexity index is 643. The summed E-state index contributed by atoms with van der Waals surface area (Å²) in [7, 11) is 0. The molecule has 0 spiro atoms. The summed E-state index contributed by atoms with van der Waals surface area (Å²) in [4.78, 5) is 24.5. The number of benzene rings is 2. The van der Waals surface area contributed by atoms with Crippen molar-refractivity contribution in [2.24, 2.45) is 5.92 Å². The molecule has 0 saturated heterocycles. The van der Waals surface area contributed by atoms with E-state index in [0.717, 1.165) is 16.7 Å². The zero-order valence-electron chi connectivity index (χ0n) is 11.2. The van der Waals surface area contributed by atoms with E-state index in [1.807, 2.05) is 54.6 Å². The van der Waals surface area contributed by atoms with Crippen molar-refractivity contribution in [3.05, 3.63) is 71.3 Å². The van der Waals surface area contributed by atoms with Crippen LogP contribution in [0.1, 0.15) is 27.9 Å². The SMILES string of the molecule is O=C(CCc1ccccc1)C1Cc2ccccc2C1=O. The van der Waals surface area contributed by atoms with Gasteiger partial charge in [-0.05, 0) is 24.0 Å². The maximum Gasteiger partial charge on any atom is 0.173 e. The van der Waals surface area contributed by atoms with Gasteiger partial charge in [-0.15, -0.1) is 0 Å². The molecule has 100 valence electrons. The van der Waals surface area contributed by atoms with E-state index < -0.39 is 5.92 Å². The van der Waals surface area contributed by atoms with Gasteiger partial charge in [0.1, 0.15) is 5.78 Å². The van der Waals surface area contributed by atoms with Crippen LogP contribution in [-0.2, 0) is 17.6 Å². The summed E-state index contributed by atoms with van der Waals surface area (Å²) >= 11 is 0. The van der Waals surface area contributed by atoms with E-state index in [-0.39, 0.29) is 11.6 Å². The molecular formula is C18H16O2. The average molecular weight is 264 g/mol. The van der Waals surface area contributed by atoms with Crippen LogP contribution in [0.5, 0.6) is 0 Å². The molecule has 2 aromatic carbocycles. The Balaban J connectivity index is 1.66. The standard InChI is InChI=1S/C18H16O2/c19-17(11-10-13-6-2-1-3-7-13)16-12-14-8-4-5-9-15(14)18(16)20/h1-9,16H,10-12H2. The first-order valence-electron chi connectivity index (χ1n) is 6.94. The highest BCUT2D eigenvalue weighted by Gasteiger charge is 2.34. The molecule has 0 amide bonds. The summed E-state index contributed by atoms with van der Waals surface area (Å²) in [6.45, 7) is 0. The highest BCUT2D eigenvalue weighted by molar-refractivity contribution is 6.14. The van der Waals surface area contributed by atoms with Gasteiger partial charge in [-0.25, -0.2) is 0 Å². The minimum Gasteiger partial charge on any atom is -0.299 e. The zero-order valence-corrected chi connectivity index (χ0v) is 11.2. The van der Waals surface area contributed by atoms with Gasteiger partial charge in [0.25, 0.3) is 0 Å². The van der Waals surface area contributed by atoms with Gasteiger partial charge in [-0.2, -0.15) is 0 Å². The van der Waals surface area contributed by atoms with Crippen molar-refractivity contribution in [1.29, 1.82) is 0 Å². The molecule has 0 radical (unpaired) electrons. The van der Waals surface area contributed by atoms with Crippen LogP contribution in [-0.4, -0.2) is 11.6 Å². The molecular weight excluding hydrogens is 248 g/mol. The highest BCUT2D eigenvalue weighted by atomic mass is 16.2. The van der Waals surface area contributed by atoms with Crippen molar-refractivity contribution in [3.8, 4) is 0 Å². The van der Waals surface area contributed by atoms with Gasteiger partial charge >= 0.3 is 0 Å². The summed E-state index contributed by atoms with van der Waals surface area (Å²) < 4.78 is 0. The van der Waals surface area contributed by atoms with Crippen LogP contribution in [0.15, 0.2) is 54.6 Å². The van der Waals surface area contributed by atoms with E-state index in [1.54, 1.807) is 0 Å². The summed E-state index contributed by atoms with van der Waals surface area (Å²) in [6, 6.07) is 17.5. The smallest absolute Gasteiger partial charge is 0.173 e. The number of hydrogen-bond donors (Lipinski definition) is 0. The molecule has 1 unspecified atom stereocenters. The number of rotatable bonds is 4. The largest absolute Gasteiger partial charge is 0.299 e. The Morgan fingerprint density at radius 1 is 1.00 bits per heavy atom. The van der Waals surface area contributed by atoms with Crippen molar-refractivity contribution in [1.82, 2.24) is 0 Å². The summed E-state index contributed by atoms with van der Waals surface area (Å²) in [5, 5.41) is 0. The van der Waals surface area contributed by atoms with E-state index >= 15 is 0 Å². The van der Waals surface area contributed by atoms with Crippen LogP contribution < -0.4 is 0 Å². The van der Waals surface area contributed by atoms with E-state index in [9.17, 15) is 9.59 Å². The number of Topliss-reactive ketones (excluding diaryl/α,β-unsaturated/α-hetero) is 2. The molecule has 0 fully saturated rings. The predicted octanol–water partition coefficient (Wildman–Crippen LogP) is 3.24. The molecule has 0 saturated carbocycles. The second kappa shape index (κ2) is 5.41. The summed E-state index contributed by atoms with van der Waals surface area (Å²) in [6.07, 6.45) is 1.72. The van der Waals surface area contributed by atoms with Crippen LogP contribution in [0.3, 0.4) is 0 Å². The molecule has 1 aliphatic rings. The minimum absolute atomic E-state index is 0.00124. The van der Waals surface area contributed by atoms with Crippen molar-refractivity contribution >= 4 is 11.6 Å². The molecule has 0 aliphatic heterocycles. The average Bonchev–Trinajstić information content (AvgIpc) is 2.84. The molecule has 0 N–H and O–H groups in total. The van der Waals surface area contributed by atoms with Gasteiger partial charge in [0.05, 0.1) is 5.92 Å². The summed E-state index contributed by atoms with van der Waals surface area (Å²) in [5.41, 5.74) is 2.88. The first-order chi connectivity index (χ1) is 9.75. The third kappa shape index (κ3) is 2.42. The fourth-order valence-electron chi connectivity index (χ4n) is 2.79. The molecule has 2 nitrogen and oxygen atoms in total. The monoisotopic (exact) mass is 264 g/mol. The van der Waals surface area contributed by atoms with E-state index in [0.29, 0.717) is 19.3 Å². The van der Waals surface area contributed by atoms with Crippen molar-refractivity contribution in [2.45, 2.75) is 19.3 Å². The quantitative estimate of drug-likeness (QED) is 0.794. The third-order valence-electron chi connectivity index (χ3n) is 3.91. The van der Waals surface area contributed by atoms with Crippen molar-refractivity contribution in [3.63, 3.8) is 0 Å². The fourth-order valence-corrected chi connectivity index (χ4v) is 2.79. The molecule has 1 aliphatic carbocycles. The number of aryl methyl sites for hydroxylation is 1. The van der Waals surface area contributed by atoms with Crippen molar-refractivity contribution in [2.75, 3.05) is 0 Å². The van der Waals surface area contributed by atoms with E-state index in [4.69, 9.17) is 0 Å². The van der Waals surface area contributed by atoms with Crippen LogP contribution in [0, 0.1) is 5.92 Å². The Morgan fingerprint density at radius 2 is 1.70 bits per heavy atom. The van der Waals surface area contributed by atoms with Crippen molar-refractivity contribution < 1.29 is 9.59 Å². The van der Waals surface area contributed by atoms with Gasteiger partial charge in [-0.3, -0.25) is 9.59 Å². The van der Waals surface area contributed by atoms with Crippen LogP contribution >= 0.6 is 0 Å². The lowest BCUT2D eigenvalue weighted by molar-refractivity contribution is -0.121. The molecule has 20 heavy (non-hydrogen) atoms. The maximum absolute atomic E-state index is 12.3. The van der Waals surface area contributed by atoms with E-state index in [2.05, 4.69) is 0 Å². The Hall–Kier alpha value is -2.22. The molecule has 3 rings (SSSR count). The maximum atomic E-state index is 12.3. The fraction of sp³-hybridized carbons (Fsp3) is 0.222. The molecule has 2 heteroatoms. The predicted molar refractivity (Wildman–Crippen MR) is 77.7 cm³/mol. The van der Waals surface area contributed by atoms with Crippen LogP contribution in [0.4, 0.5) is 0 Å². The second-order valence-corrected chi connectivity index (χ2v) is 5.23. The highest BCUT2D eigenvalue weighted by Crippen LogP contribution is 2.28. The number of ketones is 2. The topological polar surface area (TPSA) is 34.1 Å². The van der Waals surface area contributed by atoms with Crippen LogP contribution in [0.25, 0.3) is 0 Å². The first-order valence-corrected chi connectivity index (χ1v) is 6.94.